The van der Waals surface area contributed by atoms with Crippen LogP contribution in [0.2, 0.25) is 10.0 Å². The van der Waals surface area contributed by atoms with Crippen LogP contribution in [0.25, 0.3) is 0 Å². The SMILES string of the molecule is CC(C)(C(O)Cc1cccc(Cl)c1Cl)S(C)(=O)=O. The lowest BCUT2D eigenvalue weighted by molar-refractivity contribution is 0.138. The van der Waals surface area contributed by atoms with Crippen LogP contribution >= 0.6 is 23.2 Å². The third kappa shape index (κ3) is 3.18. The first-order valence-corrected chi connectivity index (χ1v) is 8.02. The van der Waals surface area contributed by atoms with Gasteiger partial charge >= 0.3 is 0 Å². The van der Waals surface area contributed by atoms with E-state index in [1.807, 2.05) is 0 Å². The summed E-state index contributed by atoms with van der Waals surface area (Å²) in [5, 5.41) is 10.8. The van der Waals surface area contributed by atoms with Crippen LogP contribution in [0, 0.1) is 0 Å². The molecule has 3 nitrogen and oxygen atoms in total. The maximum atomic E-state index is 11.6. The average molecular weight is 311 g/mol. The van der Waals surface area contributed by atoms with E-state index in [4.69, 9.17) is 23.2 Å². The zero-order valence-electron chi connectivity index (χ0n) is 10.4. The lowest BCUT2D eigenvalue weighted by Gasteiger charge is -2.28. The molecule has 102 valence electrons. The molecule has 0 fully saturated rings. The highest BCUT2D eigenvalue weighted by Gasteiger charge is 2.38. The molecule has 0 aliphatic carbocycles. The number of sulfone groups is 1. The van der Waals surface area contributed by atoms with Gasteiger partial charge in [-0.15, -0.1) is 0 Å². The smallest absolute Gasteiger partial charge is 0.155 e. The number of benzene rings is 1. The van der Waals surface area contributed by atoms with Crippen LogP contribution in [0.4, 0.5) is 0 Å². The Kier molecular flexibility index (Phi) is 4.70. The van der Waals surface area contributed by atoms with Gasteiger partial charge in [0.2, 0.25) is 0 Å². The molecule has 0 saturated heterocycles. The lowest BCUT2D eigenvalue weighted by Crippen LogP contribution is -2.44. The summed E-state index contributed by atoms with van der Waals surface area (Å²) in [5.41, 5.74) is 0.633. The summed E-state index contributed by atoms with van der Waals surface area (Å²) in [5.74, 6) is 0. The number of halogens is 2. The van der Waals surface area contributed by atoms with Crippen LogP contribution in [-0.4, -0.2) is 30.6 Å². The van der Waals surface area contributed by atoms with Crippen molar-refractivity contribution < 1.29 is 13.5 Å². The summed E-state index contributed by atoms with van der Waals surface area (Å²) < 4.78 is 22.0. The van der Waals surface area contributed by atoms with E-state index in [0.717, 1.165) is 6.26 Å². The van der Waals surface area contributed by atoms with Gasteiger partial charge in [0.25, 0.3) is 0 Å². The van der Waals surface area contributed by atoms with Crippen molar-refractivity contribution in [3.05, 3.63) is 33.8 Å². The van der Waals surface area contributed by atoms with Gasteiger partial charge in [0.1, 0.15) is 0 Å². The fourth-order valence-electron chi connectivity index (χ4n) is 1.41. The topological polar surface area (TPSA) is 54.4 Å². The van der Waals surface area contributed by atoms with E-state index in [9.17, 15) is 13.5 Å². The summed E-state index contributed by atoms with van der Waals surface area (Å²) in [6.45, 7) is 2.98. The Labute approximate surface area is 118 Å². The van der Waals surface area contributed by atoms with Crippen molar-refractivity contribution in [1.29, 1.82) is 0 Å². The molecule has 0 heterocycles. The molecule has 1 aromatic carbocycles. The van der Waals surface area contributed by atoms with Crippen LogP contribution in [-0.2, 0) is 16.3 Å². The molecule has 0 spiro atoms. The molecule has 0 radical (unpaired) electrons. The second-order valence-corrected chi connectivity index (χ2v) is 8.19. The molecule has 1 atom stereocenters. The highest BCUT2D eigenvalue weighted by Crippen LogP contribution is 2.29. The molecule has 0 aromatic heterocycles. The molecule has 1 unspecified atom stereocenters. The first-order chi connectivity index (χ1) is 8.07. The average Bonchev–Trinajstić information content (AvgIpc) is 2.23. The molecular formula is C12H16Cl2O3S. The minimum Gasteiger partial charge on any atom is -0.391 e. The highest BCUT2D eigenvalue weighted by atomic mass is 35.5. The Bertz CT molecular complexity index is 538. The molecule has 18 heavy (non-hydrogen) atoms. The summed E-state index contributed by atoms with van der Waals surface area (Å²) in [6.07, 6.45) is 0.193. The minimum atomic E-state index is -3.37. The molecule has 1 rings (SSSR count). The zero-order chi connectivity index (χ0) is 14.1. The van der Waals surface area contributed by atoms with E-state index in [2.05, 4.69) is 0 Å². The Balaban J connectivity index is 3.02. The van der Waals surface area contributed by atoms with E-state index >= 15 is 0 Å². The van der Waals surface area contributed by atoms with Gasteiger partial charge in [-0.25, -0.2) is 8.42 Å². The Morgan fingerprint density at radius 1 is 1.33 bits per heavy atom. The van der Waals surface area contributed by atoms with Crippen LogP contribution in [0.3, 0.4) is 0 Å². The summed E-state index contributed by atoms with van der Waals surface area (Å²) in [7, 11) is -3.37. The van der Waals surface area contributed by atoms with Gasteiger partial charge in [-0.05, 0) is 25.5 Å². The Hall–Kier alpha value is -0.290. The van der Waals surface area contributed by atoms with Crippen molar-refractivity contribution in [2.75, 3.05) is 6.26 Å². The van der Waals surface area contributed by atoms with Crippen molar-refractivity contribution in [1.82, 2.24) is 0 Å². The van der Waals surface area contributed by atoms with Gasteiger partial charge < -0.3 is 5.11 Å². The number of aliphatic hydroxyl groups is 1. The van der Waals surface area contributed by atoms with Crippen LogP contribution in [0.1, 0.15) is 19.4 Å². The molecule has 1 N–H and O–H groups in total. The van der Waals surface area contributed by atoms with E-state index in [1.54, 1.807) is 18.2 Å². The fourth-order valence-corrected chi connectivity index (χ4v) is 2.38. The minimum absolute atomic E-state index is 0.138. The van der Waals surface area contributed by atoms with Crippen LogP contribution in [0.5, 0.6) is 0 Å². The highest BCUT2D eigenvalue weighted by molar-refractivity contribution is 7.92. The third-order valence-corrected chi connectivity index (χ3v) is 6.24. The molecular weight excluding hydrogens is 295 g/mol. The van der Waals surface area contributed by atoms with E-state index in [-0.39, 0.29) is 6.42 Å². The number of aliphatic hydroxyl groups excluding tert-OH is 1. The monoisotopic (exact) mass is 310 g/mol. The predicted octanol–water partition coefficient (Wildman–Crippen LogP) is 2.72. The predicted molar refractivity (Wildman–Crippen MR) is 75.1 cm³/mol. The number of hydrogen-bond acceptors (Lipinski definition) is 3. The van der Waals surface area contributed by atoms with Crippen molar-refractivity contribution in [3.63, 3.8) is 0 Å². The second-order valence-electron chi connectivity index (χ2n) is 4.81. The summed E-state index contributed by atoms with van der Waals surface area (Å²) in [4.78, 5) is 0. The summed E-state index contributed by atoms with van der Waals surface area (Å²) in [6, 6.07) is 5.07. The maximum absolute atomic E-state index is 11.6. The lowest BCUT2D eigenvalue weighted by atomic mass is 9.98. The van der Waals surface area contributed by atoms with Gasteiger partial charge in [0, 0.05) is 12.7 Å². The second kappa shape index (κ2) is 5.37. The molecule has 0 aliphatic heterocycles. The van der Waals surface area contributed by atoms with Gasteiger partial charge in [-0.3, -0.25) is 0 Å². The number of rotatable bonds is 4. The molecule has 6 heteroatoms. The summed E-state index contributed by atoms with van der Waals surface area (Å²) >= 11 is 11.9. The molecule has 0 bridgehead atoms. The largest absolute Gasteiger partial charge is 0.391 e. The standard InChI is InChI=1S/C12H16Cl2O3S/c1-12(2,18(3,16)17)10(15)7-8-5-4-6-9(13)11(8)14/h4-6,10,15H,7H2,1-3H3. The third-order valence-electron chi connectivity index (χ3n) is 3.20. The first kappa shape index (κ1) is 15.8. The Morgan fingerprint density at radius 3 is 2.39 bits per heavy atom. The quantitative estimate of drug-likeness (QED) is 0.930. The van der Waals surface area contributed by atoms with Crippen molar-refractivity contribution in [2.45, 2.75) is 31.1 Å². The van der Waals surface area contributed by atoms with Gasteiger partial charge in [-0.2, -0.15) is 0 Å². The Morgan fingerprint density at radius 2 is 1.89 bits per heavy atom. The van der Waals surface area contributed by atoms with Crippen molar-refractivity contribution in [3.8, 4) is 0 Å². The normalized spacial score (nSPS) is 14.6. The molecule has 0 aliphatic rings. The molecule has 1 aromatic rings. The maximum Gasteiger partial charge on any atom is 0.155 e. The molecule has 0 amide bonds. The molecule has 0 saturated carbocycles. The van der Waals surface area contributed by atoms with E-state index in [0.29, 0.717) is 15.6 Å². The first-order valence-electron chi connectivity index (χ1n) is 5.38. The fraction of sp³-hybridized carbons (Fsp3) is 0.500. The van der Waals surface area contributed by atoms with Crippen molar-refractivity contribution in [2.24, 2.45) is 0 Å². The number of hydrogen-bond donors (Lipinski definition) is 1. The van der Waals surface area contributed by atoms with E-state index in [1.165, 1.54) is 13.8 Å². The van der Waals surface area contributed by atoms with E-state index < -0.39 is 20.7 Å². The van der Waals surface area contributed by atoms with Gasteiger partial charge in [0.05, 0.1) is 20.9 Å². The van der Waals surface area contributed by atoms with Gasteiger partial charge in [-0.1, -0.05) is 35.3 Å². The van der Waals surface area contributed by atoms with Gasteiger partial charge in [0.15, 0.2) is 9.84 Å². The van der Waals surface area contributed by atoms with Crippen molar-refractivity contribution >= 4 is 33.0 Å². The van der Waals surface area contributed by atoms with Crippen LogP contribution in [0.15, 0.2) is 18.2 Å². The zero-order valence-corrected chi connectivity index (χ0v) is 12.8. The van der Waals surface area contributed by atoms with Crippen LogP contribution < -0.4 is 0 Å².